The third-order valence-corrected chi connectivity index (χ3v) is 5.50. The largest absolute Gasteiger partial charge is 0.453 e. The lowest BCUT2D eigenvalue weighted by molar-refractivity contribution is 0.569. The molecule has 0 radical (unpaired) electrons. The van der Waals surface area contributed by atoms with Gasteiger partial charge >= 0.3 is 0 Å². The van der Waals surface area contributed by atoms with E-state index in [1.54, 1.807) is 0 Å². The van der Waals surface area contributed by atoms with Gasteiger partial charge in [0, 0.05) is 10.8 Å². The summed E-state index contributed by atoms with van der Waals surface area (Å²) in [5.74, 6) is 1.52. The Morgan fingerprint density at radius 1 is 0.429 bits per heavy atom. The molecule has 0 N–H and O–H groups in total. The highest BCUT2D eigenvalue weighted by Crippen LogP contribution is 2.35. The average Bonchev–Trinajstić information content (AvgIpc) is 3.27. The van der Waals surface area contributed by atoms with Crippen LogP contribution in [0, 0.1) is 13.8 Å². The second-order valence-electron chi connectivity index (χ2n) is 7.70. The van der Waals surface area contributed by atoms with E-state index in [0.29, 0.717) is 0 Å². The van der Waals surface area contributed by atoms with Crippen molar-refractivity contribution in [1.82, 2.24) is 0 Å². The minimum absolute atomic E-state index is 0.762. The first-order chi connectivity index (χ1) is 13.6. The molecule has 0 aliphatic carbocycles. The van der Waals surface area contributed by atoms with E-state index in [1.165, 1.54) is 32.7 Å². The van der Waals surface area contributed by atoms with Crippen LogP contribution in [0.1, 0.15) is 11.1 Å². The normalized spacial score (nSPS) is 11.9. The van der Waals surface area contributed by atoms with Gasteiger partial charge < -0.3 is 8.83 Å². The molecule has 28 heavy (non-hydrogen) atoms. The number of hydrogen-bond acceptors (Lipinski definition) is 2. The van der Waals surface area contributed by atoms with Crippen molar-refractivity contribution in [3.8, 4) is 11.5 Å². The molecule has 2 heterocycles. The Morgan fingerprint density at radius 3 is 1.36 bits per heavy atom. The van der Waals surface area contributed by atoms with Crippen molar-refractivity contribution < 1.29 is 8.83 Å². The summed E-state index contributed by atoms with van der Waals surface area (Å²) in [7, 11) is 0. The highest BCUT2D eigenvalue weighted by molar-refractivity contribution is 5.99. The number of rotatable bonds is 1. The van der Waals surface area contributed by atoms with Crippen LogP contribution in [0.3, 0.4) is 0 Å². The molecule has 6 rings (SSSR count). The summed E-state index contributed by atoms with van der Waals surface area (Å²) >= 11 is 0. The highest BCUT2D eigenvalue weighted by atomic mass is 16.4. The lowest BCUT2D eigenvalue weighted by Gasteiger charge is -1.99. The van der Waals surface area contributed by atoms with Crippen molar-refractivity contribution in [2.24, 2.45) is 0 Å². The van der Waals surface area contributed by atoms with Gasteiger partial charge in [-0.2, -0.15) is 0 Å². The first kappa shape index (κ1) is 15.5. The maximum Gasteiger partial charge on any atom is 0.170 e. The van der Waals surface area contributed by atoms with Gasteiger partial charge in [-0.3, -0.25) is 0 Å². The monoisotopic (exact) mass is 362 g/mol. The Morgan fingerprint density at radius 2 is 0.893 bits per heavy atom. The summed E-state index contributed by atoms with van der Waals surface area (Å²) < 4.78 is 12.3. The number of aryl methyl sites for hydroxylation is 2. The van der Waals surface area contributed by atoms with Crippen LogP contribution >= 0.6 is 0 Å². The molecule has 0 spiro atoms. The van der Waals surface area contributed by atoms with Gasteiger partial charge in [-0.1, -0.05) is 47.5 Å². The smallest absolute Gasteiger partial charge is 0.170 e. The molecule has 0 amide bonds. The molecule has 0 aliphatic rings. The van der Waals surface area contributed by atoms with Gasteiger partial charge in [0.2, 0.25) is 0 Å². The van der Waals surface area contributed by atoms with Crippen LogP contribution in [0.25, 0.3) is 55.0 Å². The topological polar surface area (TPSA) is 26.3 Å². The molecule has 2 nitrogen and oxygen atoms in total. The van der Waals surface area contributed by atoms with Gasteiger partial charge in [0.15, 0.2) is 11.5 Å². The fourth-order valence-corrected chi connectivity index (χ4v) is 4.05. The quantitative estimate of drug-likeness (QED) is 0.299. The third-order valence-electron chi connectivity index (χ3n) is 5.50. The van der Waals surface area contributed by atoms with E-state index in [4.69, 9.17) is 8.83 Å². The zero-order valence-electron chi connectivity index (χ0n) is 15.7. The van der Waals surface area contributed by atoms with Crippen LogP contribution in [-0.4, -0.2) is 0 Å². The van der Waals surface area contributed by atoms with Gasteiger partial charge in [0.25, 0.3) is 0 Å². The van der Waals surface area contributed by atoms with E-state index < -0.39 is 0 Å². The fraction of sp³-hybridized carbons (Fsp3) is 0.0769. The predicted molar refractivity (Wildman–Crippen MR) is 116 cm³/mol. The molecular weight excluding hydrogens is 344 g/mol. The van der Waals surface area contributed by atoms with Crippen LogP contribution in [0.2, 0.25) is 0 Å². The number of fused-ring (bicyclic) bond motifs is 4. The summed E-state index contributed by atoms with van der Waals surface area (Å²) in [4.78, 5) is 0. The zero-order chi connectivity index (χ0) is 18.8. The van der Waals surface area contributed by atoms with Crippen molar-refractivity contribution in [2.75, 3.05) is 0 Å². The van der Waals surface area contributed by atoms with Gasteiger partial charge in [-0.05, 0) is 71.8 Å². The van der Waals surface area contributed by atoms with Crippen molar-refractivity contribution in [3.05, 3.63) is 83.9 Å². The SMILES string of the molecule is Cc1ccc2cc3cc(-c4cc5cc6ccc(C)cc6cc5o4)oc3cc2c1. The van der Waals surface area contributed by atoms with E-state index in [1.807, 2.05) is 0 Å². The molecule has 0 saturated carbocycles. The molecule has 134 valence electrons. The van der Waals surface area contributed by atoms with E-state index in [-0.39, 0.29) is 0 Å². The van der Waals surface area contributed by atoms with E-state index in [9.17, 15) is 0 Å². The third kappa shape index (κ3) is 2.35. The van der Waals surface area contributed by atoms with E-state index in [2.05, 4.69) is 86.6 Å². The number of furan rings is 2. The van der Waals surface area contributed by atoms with Gasteiger partial charge in [-0.25, -0.2) is 0 Å². The number of benzene rings is 4. The van der Waals surface area contributed by atoms with E-state index in [0.717, 1.165) is 33.5 Å². The fourth-order valence-electron chi connectivity index (χ4n) is 4.05. The molecule has 0 aliphatic heterocycles. The Kier molecular flexibility index (Phi) is 3.05. The van der Waals surface area contributed by atoms with Crippen molar-refractivity contribution in [2.45, 2.75) is 13.8 Å². The molecule has 4 aromatic carbocycles. The van der Waals surface area contributed by atoms with Gasteiger partial charge in [0.05, 0.1) is 0 Å². The summed E-state index contributed by atoms with van der Waals surface area (Å²) in [6.45, 7) is 4.22. The van der Waals surface area contributed by atoms with Crippen LogP contribution < -0.4 is 0 Å². The lowest BCUT2D eigenvalue weighted by Crippen LogP contribution is -1.75. The van der Waals surface area contributed by atoms with Crippen molar-refractivity contribution >= 4 is 43.5 Å². The summed E-state index contributed by atoms with van der Waals surface area (Å²) in [6.07, 6.45) is 0. The molecule has 6 aromatic rings. The molecule has 2 heteroatoms. The Hall–Kier alpha value is -3.52. The zero-order valence-corrected chi connectivity index (χ0v) is 15.7. The maximum atomic E-state index is 6.15. The van der Waals surface area contributed by atoms with Gasteiger partial charge in [-0.15, -0.1) is 0 Å². The first-order valence-electron chi connectivity index (χ1n) is 9.51. The molecule has 0 atom stereocenters. The molecule has 2 aromatic heterocycles. The Balaban J connectivity index is 1.54. The van der Waals surface area contributed by atoms with Crippen LogP contribution in [0.15, 0.2) is 81.6 Å². The van der Waals surface area contributed by atoms with E-state index >= 15 is 0 Å². The van der Waals surface area contributed by atoms with Crippen molar-refractivity contribution in [3.63, 3.8) is 0 Å². The number of hydrogen-bond donors (Lipinski definition) is 0. The first-order valence-corrected chi connectivity index (χ1v) is 9.51. The standard InChI is InChI=1S/C26H18O2/c1-15-3-5-17-9-21-13-25(27-23(21)11-19(17)7-15)26-14-22-10-18-6-4-16(2)8-20(18)12-24(22)28-26/h3-14H,1-2H3. The van der Waals surface area contributed by atoms with Gasteiger partial charge in [0.1, 0.15) is 11.2 Å². The molecular formula is C26H18O2. The Labute approximate surface area is 162 Å². The van der Waals surface area contributed by atoms with Crippen LogP contribution in [-0.2, 0) is 0 Å². The summed E-state index contributed by atoms with van der Waals surface area (Å²) in [5, 5.41) is 7.01. The van der Waals surface area contributed by atoms with Crippen molar-refractivity contribution in [1.29, 1.82) is 0 Å². The second-order valence-corrected chi connectivity index (χ2v) is 7.70. The lowest BCUT2D eigenvalue weighted by atomic mass is 10.1. The Bertz CT molecular complexity index is 1410. The molecule has 0 fully saturated rings. The van der Waals surface area contributed by atoms with Crippen LogP contribution in [0.4, 0.5) is 0 Å². The molecule has 0 saturated heterocycles. The molecule has 0 unspecified atom stereocenters. The molecule has 0 bridgehead atoms. The minimum Gasteiger partial charge on any atom is -0.453 e. The average molecular weight is 362 g/mol. The minimum atomic E-state index is 0.762. The summed E-state index contributed by atoms with van der Waals surface area (Å²) in [6, 6.07) is 25.7. The second kappa shape index (κ2) is 5.49. The highest BCUT2D eigenvalue weighted by Gasteiger charge is 2.13. The predicted octanol–water partition coefficient (Wildman–Crippen LogP) is 7.77. The maximum absolute atomic E-state index is 6.15. The van der Waals surface area contributed by atoms with Crippen LogP contribution in [0.5, 0.6) is 0 Å². The summed E-state index contributed by atoms with van der Waals surface area (Å²) in [5.41, 5.74) is 4.26.